The van der Waals surface area contributed by atoms with Gasteiger partial charge >= 0.3 is 18.2 Å². The van der Waals surface area contributed by atoms with Crippen molar-refractivity contribution in [2.24, 2.45) is 0 Å². The lowest BCUT2D eigenvalue weighted by atomic mass is 10.1. The number of carbonyl (C=O) groups excluding carboxylic acids is 2. The van der Waals surface area contributed by atoms with Crippen molar-refractivity contribution in [3.8, 4) is 17.6 Å². The molecule has 10 heteroatoms. The van der Waals surface area contributed by atoms with Crippen LogP contribution in [0.25, 0.3) is 0 Å². The van der Waals surface area contributed by atoms with Gasteiger partial charge in [-0.05, 0) is 19.1 Å². The molecule has 1 atom stereocenters. The average molecular weight is 370 g/mol. The van der Waals surface area contributed by atoms with Crippen LogP contribution in [-0.2, 0) is 9.53 Å². The fraction of sp³-hybridized carbons (Fsp3) is 0.250. The monoisotopic (exact) mass is 370 g/mol. The molecule has 0 fully saturated rings. The SMILES string of the molecule is COC(=O)C(=O)c1ccccc1Oc1nccc(OC(C)C(F)(F)F)n1. The predicted octanol–water partition coefficient (Wildman–Crippen LogP) is 2.95. The van der Waals surface area contributed by atoms with Gasteiger partial charge in [0.2, 0.25) is 5.88 Å². The molecule has 0 saturated heterocycles. The van der Waals surface area contributed by atoms with Crippen molar-refractivity contribution in [1.82, 2.24) is 9.97 Å². The number of aromatic nitrogens is 2. The molecule has 1 heterocycles. The van der Waals surface area contributed by atoms with Crippen LogP contribution in [0, 0.1) is 0 Å². The molecule has 0 N–H and O–H groups in total. The number of rotatable bonds is 6. The highest BCUT2D eigenvalue weighted by molar-refractivity contribution is 6.41. The van der Waals surface area contributed by atoms with Gasteiger partial charge in [-0.15, -0.1) is 0 Å². The summed E-state index contributed by atoms with van der Waals surface area (Å²) in [6.07, 6.45) is -5.52. The third-order valence-corrected chi connectivity index (χ3v) is 3.07. The number of hydrogen-bond acceptors (Lipinski definition) is 7. The molecule has 0 bridgehead atoms. The van der Waals surface area contributed by atoms with Crippen molar-refractivity contribution in [2.45, 2.75) is 19.2 Å². The Bertz CT molecular complexity index is 810. The molecule has 7 nitrogen and oxygen atoms in total. The Morgan fingerprint density at radius 1 is 1.15 bits per heavy atom. The lowest BCUT2D eigenvalue weighted by Gasteiger charge is -2.17. The number of para-hydroxylation sites is 1. The van der Waals surface area contributed by atoms with E-state index in [2.05, 4.69) is 14.7 Å². The molecule has 0 radical (unpaired) electrons. The van der Waals surface area contributed by atoms with Gasteiger partial charge in [-0.1, -0.05) is 12.1 Å². The summed E-state index contributed by atoms with van der Waals surface area (Å²) in [7, 11) is 1.05. The van der Waals surface area contributed by atoms with Crippen molar-refractivity contribution < 1.29 is 37.0 Å². The summed E-state index contributed by atoms with van der Waals surface area (Å²) in [5.74, 6) is -2.49. The smallest absolute Gasteiger partial charge is 0.425 e. The molecule has 0 aliphatic rings. The maximum Gasteiger partial charge on any atom is 0.425 e. The Labute approximate surface area is 145 Å². The minimum atomic E-state index is -4.56. The average Bonchev–Trinajstić information content (AvgIpc) is 2.60. The number of alkyl halides is 3. The van der Waals surface area contributed by atoms with E-state index < -0.39 is 24.0 Å². The van der Waals surface area contributed by atoms with E-state index in [-0.39, 0.29) is 23.2 Å². The molecule has 0 aliphatic heterocycles. The van der Waals surface area contributed by atoms with E-state index in [4.69, 9.17) is 9.47 Å². The van der Waals surface area contributed by atoms with Gasteiger partial charge in [0.1, 0.15) is 5.75 Å². The summed E-state index contributed by atoms with van der Waals surface area (Å²) in [4.78, 5) is 30.8. The van der Waals surface area contributed by atoms with Crippen LogP contribution in [0.15, 0.2) is 36.5 Å². The lowest BCUT2D eigenvalue weighted by molar-refractivity contribution is -0.190. The van der Waals surface area contributed by atoms with E-state index in [9.17, 15) is 22.8 Å². The molecule has 1 aromatic heterocycles. The summed E-state index contributed by atoms with van der Waals surface area (Å²) in [5, 5.41) is 0. The van der Waals surface area contributed by atoms with Gasteiger partial charge < -0.3 is 14.2 Å². The van der Waals surface area contributed by atoms with E-state index in [1.807, 2.05) is 0 Å². The largest absolute Gasteiger partial charge is 0.465 e. The first-order valence-electron chi connectivity index (χ1n) is 7.18. The predicted molar refractivity (Wildman–Crippen MR) is 81.0 cm³/mol. The summed E-state index contributed by atoms with van der Waals surface area (Å²) < 4.78 is 52.0. The first-order chi connectivity index (χ1) is 12.2. The molecular weight excluding hydrogens is 357 g/mol. The van der Waals surface area contributed by atoms with Crippen LogP contribution in [0.3, 0.4) is 0 Å². The minimum Gasteiger partial charge on any atom is -0.465 e. The molecular formula is C16H13F3N2O5. The standard InChI is InChI=1S/C16H13F3N2O5/c1-9(16(17,18)19)25-12-7-8-20-15(21-12)26-11-6-4-3-5-10(11)13(22)14(23)24-2/h3-9H,1-2H3. The van der Waals surface area contributed by atoms with Crippen molar-refractivity contribution in [3.05, 3.63) is 42.1 Å². The number of nitrogens with zero attached hydrogens (tertiary/aromatic N) is 2. The molecule has 0 aliphatic carbocycles. The highest BCUT2D eigenvalue weighted by atomic mass is 19.4. The van der Waals surface area contributed by atoms with Crippen LogP contribution >= 0.6 is 0 Å². The van der Waals surface area contributed by atoms with E-state index in [0.717, 1.165) is 26.3 Å². The molecule has 0 spiro atoms. The zero-order valence-electron chi connectivity index (χ0n) is 13.6. The molecule has 2 rings (SSSR count). The van der Waals surface area contributed by atoms with Gasteiger partial charge in [-0.25, -0.2) is 9.78 Å². The topological polar surface area (TPSA) is 87.6 Å². The first-order valence-corrected chi connectivity index (χ1v) is 7.18. The molecule has 2 aromatic rings. The fourth-order valence-corrected chi connectivity index (χ4v) is 1.73. The van der Waals surface area contributed by atoms with Crippen LogP contribution in [0.2, 0.25) is 0 Å². The van der Waals surface area contributed by atoms with E-state index in [0.29, 0.717) is 0 Å². The quantitative estimate of drug-likeness (QED) is 0.439. The van der Waals surface area contributed by atoms with E-state index in [1.54, 1.807) is 0 Å². The maximum atomic E-state index is 12.6. The molecule has 1 unspecified atom stereocenters. The third-order valence-electron chi connectivity index (χ3n) is 3.07. The molecule has 0 saturated carbocycles. The fourth-order valence-electron chi connectivity index (χ4n) is 1.73. The number of ether oxygens (including phenoxy) is 3. The lowest BCUT2D eigenvalue weighted by Crippen LogP contribution is -2.31. The van der Waals surface area contributed by atoms with Crippen LogP contribution in [0.4, 0.5) is 13.2 Å². The number of ketones is 1. The Kier molecular flexibility index (Phi) is 5.75. The Balaban J connectivity index is 2.24. The van der Waals surface area contributed by atoms with E-state index >= 15 is 0 Å². The van der Waals surface area contributed by atoms with Gasteiger partial charge in [0.15, 0.2) is 6.10 Å². The van der Waals surface area contributed by atoms with Gasteiger partial charge in [0, 0.05) is 12.3 Å². The molecule has 26 heavy (non-hydrogen) atoms. The summed E-state index contributed by atoms with van der Waals surface area (Å²) in [6.45, 7) is 0.826. The van der Waals surface area contributed by atoms with E-state index in [1.165, 1.54) is 24.3 Å². The second-order valence-electron chi connectivity index (χ2n) is 4.90. The molecule has 0 amide bonds. The van der Waals surface area contributed by atoms with Crippen molar-refractivity contribution in [2.75, 3.05) is 7.11 Å². The zero-order chi connectivity index (χ0) is 19.3. The molecule has 138 valence electrons. The number of methoxy groups -OCH3 is 1. The summed E-state index contributed by atoms with van der Waals surface area (Å²) in [6, 6.07) is 6.47. The van der Waals surface area contributed by atoms with Crippen LogP contribution in [0.1, 0.15) is 17.3 Å². The number of hydrogen-bond donors (Lipinski definition) is 0. The summed E-state index contributed by atoms with van der Waals surface area (Å²) >= 11 is 0. The maximum absolute atomic E-state index is 12.6. The minimum absolute atomic E-state index is 0.0658. The molecule has 1 aromatic carbocycles. The van der Waals surface area contributed by atoms with Crippen LogP contribution in [-0.4, -0.2) is 41.1 Å². The second-order valence-corrected chi connectivity index (χ2v) is 4.90. The van der Waals surface area contributed by atoms with Crippen molar-refractivity contribution in [1.29, 1.82) is 0 Å². The van der Waals surface area contributed by atoms with Crippen LogP contribution < -0.4 is 9.47 Å². The number of halogens is 3. The van der Waals surface area contributed by atoms with Gasteiger partial charge in [0.05, 0.1) is 12.7 Å². The number of carbonyl (C=O) groups is 2. The van der Waals surface area contributed by atoms with Gasteiger partial charge in [-0.3, -0.25) is 4.79 Å². The van der Waals surface area contributed by atoms with Gasteiger partial charge in [0.25, 0.3) is 5.78 Å². The summed E-state index contributed by atoms with van der Waals surface area (Å²) in [5.41, 5.74) is -0.113. The van der Waals surface area contributed by atoms with Crippen molar-refractivity contribution >= 4 is 11.8 Å². The Hall–Kier alpha value is -3.17. The van der Waals surface area contributed by atoms with Gasteiger partial charge in [-0.2, -0.15) is 18.2 Å². The highest BCUT2D eigenvalue weighted by Crippen LogP contribution is 2.27. The highest BCUT2D eigenvalue weighted by Gasteiger charge is 2.38. The first kappa shape index (κ1) is 19.2. The van der Waals surface area contributed by atoms with Crippen molar-refractivity contribution in [3.63, 3.8) is 0 Å². The number of Topliss-reactive ketones (excluding diaryl/α,β-unsaturated/α-hetero) is 1. The normalized spacial score (nSPS) is 12.2. The second kappa shape index (κ2) is 7.81. The van der Waals surface area contributed by atoms with Crippen LogP contribution in [0.5, 0.6) is 17.6 Å². The Morgan fingerprint density at radius 3 is 2.50 bits per heavy atom. The Morgan fingerprint density at radius 2 is 1.85 bits per heavy atom. The zero-order valence-corrected chi connectivity index (χ0v) is 13.6. The third kappa shape index (κ3) is 4.68. The number of esters is 1. The number of benzene rings is 1.